The van der Waals surface area contributed by atoms with Crippen molar-refractivity contribution in [3.8, 4) is 0 Å². The monoisotopic (exact) mass is 279 g/mol. The third kappa shape index (κ3) is 2.57. The van der Waals surface area contributed by atoms with Crippen LogP contribution in [-0.4, -0.2) is 16.8 Å². The van der Waals surface area contributed by atoms with Gasteiger partial charge in [-0.25, -0.2) is 0 Å². The second-order valence-corrected chi connectivity index (χ2v) is 5.49. The van der Waals surface area contributed by atoms with Gasteiger partial charge in [-0.1, -0.05) is 42.5 Å². The number of benzene rings is 2. The Kier molecular flexibility index (Phi) is 3.76. The summed E-state index contributed by atoms with van der Waals surface area (Å²) < 4.78 is 1.93. The number of hydrogen-bond donors (Lipinski definition) is 1. The fraction of sp³-hybridized carbons (Fsp3) is 0.278. The van der Waals surface area contributed by atoms with Gasteiger partial charge in [0.05, 0.1) is 6.20 Å². The first kappa shape index (κ1) is 13.8. The summed E-state index contributed by atoms with van der Waals surface area (Å²) in [6, 6.07) is 15.4. The second-order valence-electron chi connectivity index (χ2n) is 5.49. The molecule has 21 heavy (non-hydrogen) atoms. The molecular weight excluding hydrogens is 258 g/mol. The van der Waals surface area contributed by atoms with Gasteiger partial charge in [-0.05, 0) is 36.7 Å². The Bertz CT molecular complexity index is 753. The van der Waals surface area contributed by atoms with Crippen molar-refractivity contribution < 1.29 is 0 Å². The Morgan fingerprint density at radius 2 is 1.90 bits per heavy atom. The molecule has 2 aromatic carbocycles. The van der Waals surface area contributed by atoms with Gasteiger partial charge < -0.3 is 5.32 Å². The van der Waals surface area contributed by atoms with Gasteiger partial charge in [-0.15, -0.1) is 0 Å². The lowest BCUT2D eigenvalue weighted by Crippen LogP contribution is -2.19. The van der Waals surface area contributed by atoms with Gasteiger partial charge >= 0.3 is 0 Å². The molecule has 1 atom stereocenters. The summed E-state index contributed by atoms with van der Waals surface area (Å²) in [5.74, 6) is 0. The van der Waals surface area contributed by atoms with Crippen molar-refractivity contribution in [2.75, 3.05) is 7.05 Å². The van der Waals surface area contributed by atoms with Crippen molar-refractivity contribution in [3.05, 3.63) is 65.5 Å². The Hall–Kier alpha value is -2.13. The molecule has 0 saturated carbocycles. The van der Waals surface area contributed by atoms with Crippen molar-refractivity contribution in [1.82, 2.24) is 15.1 Å². The highest BCUT2D eigenvalue weighted by Gasteiger charge is 2.16. The first-order valence-corrected chi connectivity index (χ1v) is 7.33. The van der Waals surface area contributed by atoms with Crippen LogP contribution in [0, 0.1) is 6.92 Å². The molecule has 1 aromatic heterocycles. The molecule has 108 valence electrons. The molecule has 0 aliphatic heterocycles. The van der Waals surface area contributed by atoms with Gasteiger partial charge in [0.2, 0.25) is 0 Å². The Morgan fingerprint density at radius 3 is 2.62 bits per heavy atom. The summed E-state index contributed by atoms with van der Waals surface area (Å²) in [4.78, 5) is 0. The van der Waals surface area contributed by atoms with Crippen LogP contribution in [0.2, 0.25) is 0 Å². The maximum Gasteiger partial charge on any atom is 0.0540 e. The molecule has 0 aliphatic carbocycles. The topological polar surface area (TPSA) is 29.9 Å². The summed E-state index contributed by atoms with van der Waals surface area (Å²) >= 11 is 0. The number of fused-ring (bicyclic) bond motifs is 1. The summed E-state index contributed by atoms with van der Waals surface area (Å²) in [6.45, 7) is 2.12. The zero-order valence-electron chi connectivity index (χ0n) is 12.8. The SMILES string of the molecule is CNC(Cc1cccc2ccccc12)c1cnn(C)c1C. The lowest BCUT2D eigenvalue weighted by Gasteiger charge is -2.17. The minimum atomic E-state index is 0.282. The van der Waals surface area contributed by atoms with E-state index in [-0.39, 0.29) is 6.04 Å². The molecule has 0 aliphatic rings. The number of hydrogen-bond acceptors (Lipinski definition) is 2. The maximum absolute atomic E-state index is 4.37. The summed E-state index contributed by atoms with van der Waals surface area (Å²) in [7, 11) is 4.01. The summed E-state index contributed by atoms with van der Waals surface area (Å²) in [5.41, 5.74) is 3.86. The largest absolute Gasteiger partial charge is 0.313 e. The smallest absolute Gasteiger partial charge is 0.0540 e. The van der Waals surface area contributed by atoms with Crippen LogP contribution in [-0.2, 0) is 13.5 Å². The van der Waals surface area contributed by atoms with Crippen molar-refractivity contribution >= 4 is 10.8 Å². The van der Waals surface area contributed by atoms with E-state index in [0.717, 1.165) is 6.42 Å². The number of aromatic nitrogens is 2. The van der Waals surface area contributed by atoms with Crippen molar-refractivity contribution in [1.29, 1.82) is 0 Å². The van der Waals surface area contributed by atoms with Crippen molar-refractivity contribution in [2.45, 2.75) is 19.4 Å². The van der Waals surface area contributed by atoms with E-state index < -0.39 is 0 Å². The molecule has 0 bridgehead atoms. The standard InChI is InChI=1S/C18H21N3/c1-13-17(12-20-21(13)3)18(19-2)11-15-9-6-8-14-7-4-5-10-16(14)15/h4-10,12,18-19H,11H2,1-3H3. The lowest BCUT2D eigenvalue weighted by atomic mass is 9.95. The van der Waals surface area contributed by atoms with E-state index in [1.54, 1.807) is 0 Å². The van der Waals surface area contributed by atoms with Gasteiger partial charge in [-0.2, -0.15) is 5.10 Å². The van der Waals surface area contributed by atoms with Crippen LogP contribution in [0.15, 0.2) is 48.7 Å². The van der Waals surface area contributed by atoms with Crippen LogP contribution in [0.25, 0.3) is 10.8 Å². The molecule has 1 N–H and O–H groups in total. The average Bonchev–Trinajstić information content (AvgIpc) is 2.85. The molecule has 3 heteroatoms. The molecule has 3 nitrogen and oxygen atoms in total. The summed E-state index contributed by atoms with van der Waals surface area (Å²) in [5, 5.41) is 10.4. The minimum Gasteiger partial charge on any atom is -0.313 e. The van der Waals surface area contributed by atoms with Crippen LogP contribution in [0.4, 0.5) is 0 Å². The zero-order chi connectivity index (χ0) is 14.8. The number of nitrogens with zero attached hydrogens (tertiary/aromatic N) is 2. The van der Waals surface area contributed by atoms with Crippen molar-refractivity contribution in [2.24, 2.45) is 7.05 Å². The fourth-order valence-electron chi connectivity index (χ4n) is 2.92. The van der Waals surface area contributed by atoms with Gasteiger partial charge in [-0.3, -0.25) is 4.68 Å². The highest BCUT2D eigenvalue weighted by molar-refractivity contribution is 5.85. The normalized spacial score (nSPS) is 12.7. The predicted molar refractivity (Wildman–Crippen MR) is 87.4 cm³/mol. The zero-order valence-corrected chi connectivity index (χ0v) is 12.8. The van der Waals surface area contributed by atoms with E-state index >= 15 is 0 Å². The number of aryl methyl sites for hydroxylation is 1. The third-order valence-electron chi connectivity index (χ3n) is 4.30. The van der Waals surface area contributed by atoms with E-state index in [4.69, 9.17) is 0 Å². The number of nitrogens with one attached hydrogen (secondary N) is 1. The van der Waals surface area contributed by atoms with E-state index in [1.165, 1.54) is 27.6 Å². The van der Waals surface area contributed by atoms with E-state index in [2.05, 4.69) is 59.8 Å². The molecule has 0 amide bonds. The van der Waals surface area contributed by atoms with Gasteiger partial charge in [0, 0.05) is 24.3 Å². The predicted octanol–water partition coefficient (Wildman–Crippen LogP) is 3.38. The fourth-order valence-corrected chi connectivity index (χ4v) is 2.92. The Labute approximate surface area is 125 Å². The van der Waals surface area contributed by atoms with E-state index in [0.29, 0.717) is 0 Å². The molecule has 3 aromatic rings. The average molecular weight is 279 g/mol. The van der Waals surface area contributed by atoms with Crippen LogP contribution in [0.5, 0.6) is 0 Å². The molecule has 1 unspecified atom stereocenters. The molecule has 3 rings (SSSR count). The maximum atomic E-state index is 4.37. The highest BCUT2D eigenvalue weighted by atomic mass is 15.3. The van der Waals surface area contributed by atoms with Crippen LogP contribution < -0.4 is 5.32 Å². The molecule has 1 heterocycles. The van der Waals surface area contributed by atoms with Crippen LogP contribution in [0.3, 0.4) is 0 Å². The van der Waals surface area contributed by atoms with E-state index in [9.17, 15) is 0 Å². The molecule has 0 fully saturated rings. The number of likely N-dealkylation sites (N-methyl/N-ethyl adjacent to an activating group) is 1. The third-order valence-corrected chi connectivity index (χ3v) is 4.30. The van der Waals surface area contributed by atoms with Gasteiger partial charge in [0.25, 0.3) is 0 Å². The van der Waals surface area contributed by atoms with Gasteiger partial charge in [0.1, 0.15) is 0 Å². The molecule has 0 spiro atoms. The molecular formula is C18H21N3. The van der Waals surface area contributed by atoms with Crippen LogP contribution in [0.1, 0.15) is 22.9 Å². The van der Waals surface area contributed by atoms with E-state index in [1.807, 2.05) is 25.0 Å². The lowest BCUT2D eigenvalue weighted by molar-refractivity contribution is 0.588. The summed E-state index contributed by atoms with van der Waals surface area (Å²) in [6.07, 6.45) is 2.94. The molecule has 0 saturated heterocycles. The van der Waals surface area contributed by atoms with Crippen molar-refractivity contribution in [3.63, 3.8) is 0 Å². The highest BCUT2D eigenvalue weighted by Crippen LogP contribution is 2.25. The first-order chi connectivity index (χ1) is 10.2. The molecule has 0 radical (unpaired) electrons. The first-order valence-electron chi connectivity index (χ1n) is 7.33. The Balaban J connectivity index is 1.98. The minimum absolute atomic E-state index is 0.282. The second kappa shape index (κ2) is 5.70. The Morgan fingerprint density at radius 1 is 1.14 bits per heavy atom. The quantitative estimate of drug-likeness (QED) is 0.793. The van der Waals surface area contributed by atoms with Crippen LogP contribution >= 0.6 is 0 Å². The van der Waals surface area contributed by atoms with Gasteiger partial charge in [0.15, 0.2) is 0 Å². The number of rotatable bonds is 4.